The highest BCUT2D eigenvalue weighted by Gasteiger charge is 2.50. The molecule has 0 aliphatic heterocycles. The van der Waals surface area contributed by atoms with E-state index in [1.165, 1.54) is 12.1 Å². The van der Waals surface area contributed by atoms with Crippen molar-refractivity contribution in [2.45, 2.75) is 25.2 Å². The predicted octanol–water partition coefficient (Wildman–Crippen LogP) is 2.12. The fourth-order valence-electron chi connectivity index (χ4n) is 2.64. The third-order valence-electron chi connectivity index (χ3n) is 3.85. The molecule has 0 unspecified atom stereocenters. The van der Waals surface area contributed by atoms with Crippen LogP contribution in [0.3, 0.4) is 0 Å². The summed E-state index contributed by atoms with van der Waals surface area (Å²) in [5.41, 5.74) is 5.79. The first kappa shape index (κ1) is 12.0. The zero-order valence-electron chi connectivity index (χ0n) is 9.53. The number of hydrogen-bond donors (Lipinski definition) is 2. The number of rotatable bonds is 4. The van der Waals surface area contributed by atoms with Gasteiger partial charge in [-0.25, -0.2) is 4.39 Å². The van der Waals surface area contributed by atoms with Crippen LogP contribution in [-0.2, 0) is 4.79 Å². The van der Waals surface area contributed by atoms with Crippen molar-refractivity contribution < 1.29 is 14.3 Å². The Morgan fingerprint density at radius 2 is 2.00 bits per heavy atom. The SMILES string of the molecule is NC[C@H](c1ccc(F)cc1)C1(C(=O)O)CCC1. The van der Waals surface area contributed by atoms with Gasteiger partial charge in [-0.15, -0.1) is 0 Å². The van der Waals surface area contributed by atoms with Crippen LogP contribution in [-0.4, -0.2) is 17.6 Å². The summed E-state index contributed by atoms with van der Waals surface area (Å²) in [6, 6.07) is 5.98. The summed E-state index contributed by atoms with van der Waals surface area (Å²) in [6.45, 7) is 0.276. The zero-order chi connectivity index (χ0) is 12.5. The second-order valence-corrected chi connectivity index (χ2v) is 4.65. The van der Waals surface area contributed by atoms with Crippen LogP contribution < -0.4 is 5.73 Å². The second-order valence-electron chi connectivity index (χ2n) is 4.65. The van der Waals surface area contributed by atoms with E-state index >= 15 is 0 Å². The monoisotopic (exact) mass is 237 g/mol. The lowest BCUT2D eigenvalue weighted by Gasteiger charge is -2.44. The van der Waals surface area contributed by atoms with E-state index in [0.29, 0.717) is 12.8 Å². The fraction of sp³-hybridized carbons (Fsp3) is 0.462. The molecule has 2 rings (SSSR count). The quantitative estimate of drug-likeness (QED) is 0.843. The molecular formula is C13H16FNO2. The van der Waals surface area contributed by atoms with Crippen molar-refractivity contribution in [2.75, 3.05) is 6.54 Å². The minimum absolute atomic E-state index is 0.227. The summed E-state index contributed by atoms with van der Waals surface area (Å²) in [5.74, 6) is -1.33. The van der Waals surface area contributed by atoms with Crippen molar-refractivity contribution in [2.24, 2.45) is 11.1 Å². The summed E-state index contributed by atoms with van der Waals surface area (Å²) in [5, 5.41) is 9.37. The molecule has 1 atom stereocenters. The molecule has 3 N–H and O–H groups in total. The Hall–Kier alpha value is -1.42. The number of carbonyl (C=O) groups is 1. The Balaban J connectivity index is 2.32. The molecule has 1 aliphatic rings. The van der Waals surface area contributed by atoms with Gasteiger partial charge in [0.2, 0.25) is 0 Å². The van der Waals surface area contributed by atoms with Crippen LogP contribution in [0, 0.1) is 11.2 Å². The van der Waals surface area contributed by atoms with Crippen molar-refractivity contribution >= 4 is 5.97 Å². The molecule has 17 heavy (non-hydrogen) atoms. The fourth-order valence-corrected chi connectivity index (χ4v) is 2.64. The van der Waals surface area contributed by atoms with E-state index in [1.807, 2.05) is 0 Å². The van der Waals surface area contributed by atoms with Crippen LogP contribution in [0.4, 0.5) is 4.39 Å². The van der Waals surface area contributed by atoms with E-state index in [2.05, 4.69) is 0 Å². The minimum atomic E-state index is -0.788. The topological polar surface area (TPSA) is 63.3 Å². The van der Waals surface area contributed by atoms with Crippen molar-refractivity contribution in [1.82, 2.24) is 0 Å². The molecule has 0 saturated heterocycles. The van der Waals surface area contributed by atoms with Gasteiger partial charge in [-0.2, -0.15) is 0 Å². The average molecular weight is 237 g/mol. The van der Waals surface area contributed by atoms with Gasteiger partial charge in [0.25, 0.3) is 0 Å². The summed E-state index contributed by atoms with van der Waals surface area (Å²) in [6.07, 6.45) is 2.23. The van der Waals surface area contributed by atoms with Crippen molar-refractivity contribution in [3.05, 3.63) is 35.6 Å². The maximum Gasteiger partial charge on any atom is 0.310 e. The number of carboxylic acid groups (broad SMARTS) is 1. The first-order chi connectivity index (χ1) is 8.10. The molecule has 1 aromatic rings. The molecule has 0 bridgehead atoms. The first-order valence-electron chi connectivity index (χ1n) is 5.79. The van der Waals surface area contributed by atoms with Gasteiger partial charge in [-0.05, 0) is 30.5 Å². The van der Waals surface area contributed by atoms with Crippen molar-refractivity contribution in [3.63, 3.8) is 0 Å². The van der Waals surface area contributed by atoms with Gasteiger partial charge in [0.15, 0.2) is 0 Å². The number of nitrogens with two attached hydrogens (primary N) is 1. The number of hydrogen-bond acceptors (Lipinski definition) is 2. The van der Waals surface area contributed by atoms with E-state index in [4.69, 9.17) is 5.73 Å². The molecule has 0 spiro atoms. The van der Waals surface area contributed by atoms with Gasteiger partial charge in [0.05, 0.1) is 5.41 Å². The normalized spacial score (nSPS) is 19.4. The molecule has 1 saturated carbocycles. The molecule has 1 aromatic carbocycles. The summed E-state index contributed by atoms with van der Waals surface area (Å²) < 4.78 is 12.9. The molecular weight excluding hydrogens is 221 g/mol. The van der Waals surface area contributed by atoms with E-state index < -0.39 is 11.4 Å². The molecule has 0 radical (unpaired) electrons. The van der Waals surface area contributed by atoms with Gasteiger partial charge in [0.1, 0.15) is 5.82 Å². The lowest BCUT2D eigenvalue weighted by molar-refractivity contribution is -0.156. The third kappa shape index (κ3) is 1.93. The molecule has 4 heteroatoms. The molecule has 0 heterocycles. The summed E-state index contributed by atoms with van der Waals surface area (Å²) in [4.78, 5) is 11.4. The van der Waals surface area contributed by atoms with Crippen LogP contribution in [0.1, 0.15) is 30.7 Å². The van der Waals surface area contributed by atoms with Gasteiger partial charge in [-0.1, -0.05) is 18.6 Å². The van der Waals surface area contributed by atoms with Gasteiger partial charge in [-0.3, -0.25) is 4.79 Å². The summed E-state index contributed by atoms with van der Waals surface area (Å²) >= 11 is 0. The van der Waals surface area contributed by atoms with Crippen molar-refractivity contribution in [1.29, 1.82) is 0 Å². The van der Waals surface area contributed by atoms with Crippen LogP contribution in [0.5, 0.6) is 0 Å². The minimum Gasteiger partial charge on any atom is -0.481 e. The number of halogens is 1. The molecule has 92 valence electrons. The highest BCUT2D eigenvalue weighted by atomic mass is 19.1. The highest BCUT2D eigenvalue weighted by molar-refractivity contribution is 5.77. The Morgan fingerprint density at radius 3 is 2.35 bits per heavy atom. The summed E-state index contributed by atoms with van der Waals surface area (Å²) in [7, 11) is 0. The average Bonchev–Trinajstić information content (AvgIpc) is 2.24. The predicted molar refractivity (Wildman–Crippen MR) is 62.1 cm³/mol. The lowest BCUT2D eigenvalue weighted by Crippen LogP contribution is -2.45. The van der Waals surface area contributed by atoms with Crippen LogP contribution in [0.2, 0.25) is 0 Å². The van der Waals surface area contributed by atoms with Crippen molar-refractivity contribution in [3.8, 4) is 0 Å². The van der Waals surface area contributed by atoms with Crippen LogP contribution >= 0.6 is 0 Å². The Kier molecular flexibility index (Phi) is 3.15. The number of benzene rings is 1. The molecule has 1 fully saturated rings. The van der Waals surface area contributed by atoms with Crippen LogP contribution in [0.15, 0.2) is 24.3 Å². The number of aliphatic carboxylic acids is 1. The van der Waals surface area contributed by atoms with Gasteiger partial charge in [0, 0.05) is 12.5 Å². The van der Waals surface area contributed by atoms with E-state index in [9.17, 15) is 14.3 Å². The lowest BCUT2D eigenvalue weighted by atomic mass is 9.59. The van der Waals surface area contributed by atoms with E-state index in [-0.39, 0.29) is 18.3 Å². The first-order valence-corrected chi connectivity index (χ1v) is 5.79. The Bertz CT molecular complexity index is 412. The molecule has 1 aliphatic carbocycles. The highest BCUT2D eigenvalue weighted by Crippen LogP contribution is 2.51. The zero-order valence-corrected chi connectivity index (χ0v) is 9.53. The van der Waals surface area contributed by atoms with E-state index in [1.54, 1.807) is 12.1 Å². The third-order valence-corrected chi connectivity index (χ3v) is 3.85. The van der Waals surface area contributed by atoms with Gasteiger partial charge < -0.3 is 10.8 Å². The molecule has 3 nitrogen and oxygen atoms in total. The smallest absolute Gasteiger partial charge is 0.310 e. The largest absolute Gasteiger partial charge is 0.481 e. The van der Waals surface area contributed by atoms with Crippen LogP contribution in [0.25, 0.3) is 0 Å². The molecule has 0 aromatic heterocycles. The Labute approximate surface area is 99.4 Å². The van der Waals surface area contributed by atoms with Gasteiger partial charge >= 0.3 is 5.97 Å². The molecule has 0 amide bonds. The standard InChI is InChI=1S/C13H16FNO2/c14-10-4-2-9(3-5-10)11(8-15)13(12(16)17)6-1-7-13/h2-5,11H,1,6-8,15H2,(H,16,17)/t11-/m1/s1. The van der Waals surface area contributed by atoms with E-state index in [0.717, 1.165) is 12.0 Å². The number of carboxylic acids is 1. The second kappa shape index (κ2) is 4.45. The maximum atomic E-state index is 12.9. The maximum absolute atomic E-state index is 12.9. The Morgan fingerprint density at radius 1 is 1.41 bits per heavy atom.